The lowest BCUT2D eigenvalue weighted by Crippen LogP contribution is -2.29. The van der Waals surface area contributed by atoms with Gasteiger partial charge in [-0.2, -0.15) is 0 Å². The minimum absolute atomic E-state index is 0.445. The normalized spacial score (nSPS) is 22.2. The summed E-state index contributed by atoms with van der Waals surface area (Å²) >= 11 is 0. The number of nitrogens with one attached hydrogen (secondary N) is 1. The molecule has 21 heavy (non-hydrogen) atoms. The second-order valence-corrected chi connectivity index (χ2v) is 5.68. The quantitative estimate of drug-likeness (QED) is 0.922. The van der Waals surface area contributed by atoms with E-state index in [-0.39, 0.29) is 0 Å². The second-order valence-electron chi connectivity index (χ2n) is 5.68. The third-order valence-electron chi connectivity index (χ3n) is 4.18. The Balaban J connectivity index is 1.60. The Morgan fingerprint density at radius 3 is 2.43 bits per heavy atom. The highest BCUT2D eigenvalue weighted by Crippen LogP contribution is 2.25. The Hall–Kier alpha value is -1.81. The maximum absolute atomic E-state index is 5.41. The predicted octanol–water partition coefficient (Wildman–Crippen LogP) is 4.02. The van der Waals surface area contributed by atoms with E-state index < -0.39 is 0 Å². The molecule has 1 saturated carbocycles. The molecule has 0 spiro atoms. The summed E-state index contributed by atoms with van der Waals surface area (Å²) in [6.07, 6.45) is 6.77. The average molecular weight is 286 g/mol. The number of oxazole rings is 1. The standard InChI is InChI=1S/C17H22N2O2/c1-12-18-17(11-21-12)13-3-5-14(6-4-13)19-15-7-9-16(20-2)10-8-15/h3-6,11,15-16,19H,7-10H2,1-2H3. The van der Waals surface area contributed by atoms with Crippen molar-refractivity contribution in [3.05, 3.63) is 36.4 Å². The van der Waals surface area contributed by atoms with E-state index in [1.807, 2.05) is 14.0 Å². The van der Waals surface area contributed by atoms with Crippen LogP contribution in [0.2, 0.25) is 0 Å². The molecule has 0 amide bonds. The molecule has 1 heterocycles. The Morgan fingerprint density at radius 1 is 1.14 bits per heavy atom. The Labute approximate surface area is 125 Å². The Bertz CT molecular complexity index is 569. The molecular formula is C17H22N2O2. The van der Waals surface area contributed by atoms with Crippen molar-refractivity contribution in [3.8, 4) is 11.3 Å². The minimum atomic E-state index is 0.445. The number of nitrogens with zero attached hydrogens (tertiary/aromatic N) is 1. The van der Waals surface area contributed by atoms with Crippen LogP contribution < -0.4 is 5.32 Å². The third-order valence-corrected chi connectivity index (χ3v) is 4.18. The van der Waals surface area contributed by atoms with Crippen LogP contribution in [0.25, 0.3) is 11.3 Å². The first-order valence-corrected chi connectivity index (χ1v) is 7.56. The Kier molecular flexibility index (Phi) is 4.25. The van der Waals surface area contributed by atoms with Gasteiger partial charge in [0.2, 0.25) is 0 Å². The molecular weight excluding hydrogens is 264 g/mol. The molecule has 1 fully saturated rings. The first kappa shape index (κ1) is 14.1. The number of methoxy groups -OCH3 is 1. The molecule has 0 saturated heterocycles. The molecule has 1 N–H and O–H groups in total. The zero-order chi connectivity index (χ0) is 14.7. The number of anilines is 1. The van der Waals surface area contributed by atoms with Gasteiger partial charge in [-0.3, -0.25) is 0 Å². The summed E-state index contributed by atoms with van der Waals surface area (Å²) in [5.41, 5.74) is 3.14. The highest BCUT2D eigenvalue weighted by molar-refractivity contribution is 5.61. The first-order chi connectivity index (χ1) is 10.2. The molecule has 0 unspecified atom stereocenters. The van der Waals surface area contributed by atoms with E-state index in [2.05, 4.69) is 34.6 Å². The van der Waals surface area contributed by atoms with Crippen LogP contribution in [-0.2, 0) is 4.74 Å². The van der Waals surface area contributed by atoms with E-state index in [4.69, 9.17) is 9.15 Å². The first-order valence-electron chi connectivity index (χ1n) is 7.56. The molecule has 0 bridgehead atoms. The summed E-state index contributed by atoms with van der Waals surface area (Å²) in [4.78, 5) is 4.34. The van der Waals surface area contributed by atoms with Crippen LogP contribution >= 0.6 is 0 Å². The van der Waals surface area contributed by atoms with Gasteiger partial charge in [-0.1, -0.05) is 12.1 Å². The van der Waals surface area contributed by atoms with Crippen molar-refractivity contribution in [2.24, 2.45) is 0 Å². The van der Waals surface area contributed by atoms with Crippen LogP contribution in [0.15, 0.2) is 34.9 Å². The summed E-state index contributed by atoms with van der Waals surface area (Å²) in [5, 5.41) is 3.61. The smallest absolute Gasteiger partial charge is 0.191 e. The fraction of sp³-hybridized carbons (Fsp3) is 0.471. The molecule has 0 radical (unpaired) electrons. The molecule has 1 aliphatic carbocycles. The molecule has 1 aromatic carbocycles. The predicted molar refractivity (Wildman–Crippen MR) is 83.4 cm³/mol. The number of benzene rings is 1. The van der Waals surface area contributed by atoms with Crippen LogP contribution in [0.5, 0.6) is 0 Å². The van der Waals surface area contributed by atoms with Crippen molar-refractivity contribution >= 4 is 5.69 Å². The SMILES string of the molecule is COC1CCC(Nc2ccc(-c3coc(C)n3)cc2)CC1. The molecule has 3 rings (SSSR count). The second kappa shape index (κ2) is 6.31. The molecule has 1 aromatic heterocycles. The summed E-state index contributed by atoms with van der Waals surface area (Å²) in [6, 6.07) is 8.95. The van der Waals surface area contributed by atoms with E-state index in [0.29, 0.717) is 18.0 Å². The van der Waals surface area contributed by atoms with E-state index >= 15 is 0 Å². The van der Waals surface area contributed by atoms with Crippen LogP contribution in [0, 0.1) is 6.92 Å². The lowest BCUT2D eigenvalue weighted by Gasteiger charge is -2.28. The maximum Gasteiger partial charge on any atom is 0.191 e. The van der Waals surface area contributed by atoms with Crippen LogP contribution in [0.4, 0.5) is 5.69 Å². The van der Waals surface area contributed by atoms with Gasteiger partial charge >= 0.3 is 0 Å². The van der Waals surface area contributed by atoms with Gasteiger partial charge in [-0.05, 0) is 37.8 Å². The average Bonchev–Trinajstić information content (AvgIpc) is 2.95. The lowest BCUT2D eigenvalue weighted by atomic mass is 9.93. The third kappa shape index (κ3) is 3.45. The molecule has 2 aromatic rings. The van der Waals surface area contributed by atoms with Crippen molar-refractivity contribution in [2.45, 2.75) is 44.8 Å². The molecule has 4 nitrogen and oxygen atoms in total. The molecule has 112 valence electrons. The van der Waals surface area contributed by atoms with Crippen LogP contribution in [0.3, 0.4) is 0 Å². The Morgan fingerprint density at radius 2 is 1.86 bits per heavy atom. The minimum Gasteiger partial charge on any atom is -0.449 e. The van der Waals surface area contributed by atoms with Gasteiger partial charge in [0.1, 0.15) is 12.0 Å². The van der Waals surface area contributed by atoms with Crippen LogP contribution in [0.1, 0.15) is 31.6 Å². The largest absolute Gasteiger partial charge is 0.449 e. The van der Waals surface area contributed by atoms with Crippen molar-refractivity contribution in [2.75, 3.05) is 12.4 Å². The monoisotopic (exact) mass is 286 g/mol. The van der Waals surface area contributed by atoms with Crippen LogP contribution in [-0.4, -0.2) is 24.2 Å². The topological polar surface area (TPSA) is 47.3 Å². The fourth-order valence-corrected chi connectivity index (χ4v) is 2.91. The zero-order valence-corrected chi connectivity index (χ0v) is 12.6. The number of aryl methyl sites for hydroxylation is 1. The van der Waals surface area contributed by atoms with Crippen molar-refractivity contribution < 1.29 is 9.15 Å². The van der Waals surface area contributed by atoms with Gasteiger partial charge in [0.15, 0.2) is 5.89 Å². The van der Waals surface area contributed by atoms with Crippen molar-refractivity contribution in [1.29, 1.82) is 0 Å². The van der Waals surface area contributed by atoms with Gasteiger partial charge in [0, 0.05) is 31.3 Å². The van der Waals surface area contributed by atoms with Gasteiger partial charge in [-0.25, -0.2) is 4.98 Å². The summed E-state index contributed by atoms with van der Waals surface area (Å²) < 4.78 is 10.7. The van der Waals surface area contributed by atoms with Crippen molar-refractivity contribution in [1.82, 2.24) is 4.98 Å². The van der Waals surface area contributed by atoms with E-state index in [9.17, 15) is 0 Å². The molecule has 1 aliphatic rings. The summed E-state index contributed by atoms with van der Waals surface area (Å²) in [5.74, 6) is 0.696. The van der Waals surface area contributed by atoms with Gasteiger partial charge in [0.05, 0.1) is 6.10 Å². The number of rotatable bonds is 4. The van der Waals surface area contributed by atoms with Crippen molar-refractivity contribution in [3.63, 3.8) is 0 Å². The molecule has 0 atom stereocenters. The van der Waals surface area contributed by atoms with E-state index in [1.54, 1.807) is 6.26 Å². The summed E-state index contributed by atoms with van der Waals surface area (Å²) in [6.45, 7) is 1.86. The van der Waals surface area contributed by atoms with Gasteiger partial charge < -0.3 is 14.5 Å². The van der Waals surface area contributed by atoms with E-state index in [1.165, 1.54) is 18.5 Å². The highest BCUT2D eigenvalue weighted by Gasteiger charge is 2.20. The number of hydrogen-bond donors (Lipinski definition) is 1. The highest BCUT2D eigenvalue weighted by atomic mass is 16.5. The molecule has 0 aliphatic heterocycles. The fourth-order valence-electron chi connectivity index (χ4n) is 2.91. The van der Waals surface area contributed by atoms with Gasteiger partial charge in [-0.15, -0.1) is 0 Å². The summed E-state index contributed by atoms with van der Waals surface area (Å²) in [7, 11) is 1.81. The lowest BCUT2D eigenvalue weighted by molar-refractivity contribution is 0.0682. The number of aromatic nitrogens is 1. The number of ether oxygens (including phenoxy) is 1. The maximum atomic E-state index is 5.41. The van der Waals surface area contributed by atoms with E-state index in [0.717, 1.165) is 24.1 Å². The number of hydrogen-bond acceptors (Lipinski definition) is 4. The van der Waals surface area contributed by atoms with Gasteiger partial charge in [0.25, 0.3) is 0 Å². The molecule has 4 heteroatoms. The zero-order valence-electron chi connectivity index (χ0n) is 12.6.